The maximum absolute atomic E-state index is 11.4. The van der Waals surface area contributed by atoms with Gasteiger partial charge in [-0.2, -0.15) is 0 Å². The Morgan fingerprint density at radius 1 is 1.16 bits per heavy atom. The standard InChI is InChI=1S/C26H24N2O4/c1-16-13-18(20-5-2-3-8-23(20)27-16)15-31-19-11-9-17(10-12-19)24-14-25(32-28-24)21-6-4-7-22(21)26(29)30/h2-3,5,8-13,25H,4,6-7,14-15H2,1H3,(H,29,30). The van der Waals surface area contributed by atoms with Crippen molar-refractivity contribution in [3.8, 4) is 5.75 Å². The molecule has 6 heteroatoms. The second-order valence-electron chi connectivity index (χ2n) is 8.25. The topological polar surface area (TPSA) is 81.0 Å². The van der Waals surface area contributed by atoms with Gasteiger partial charge in [-0.25, -0.2) is 4.79 Å². The highest BCUT2D eigenvalue weighted by atomic mass is 16.6. The lowest BCUT2D eigenvalue weighted by atomic mass is 9.98. The van der Waals surface area contributed by atoms with Crippen LogP contribution in [0, 0.1) is 6.92 Å². The number of benzene rings is 2. The molecule has 5 rings (SSSR count). The molecule has 1 aliphatic carbocycles. The van der Waals surface area contributed by atoms with Gasteiger partial charge in [0, 0.05) is 28.6 Å². The number of fused-ring (bicyclic) bond motifs is 1. The Bertz CT molecular complexity index is 1240. The number of pyridine rings is 1. The molecule has 6 nitrogen and oxygen atoms in total. The number of ether oxygens (including phenoxy) is 1. The smallest absolute Gasteiger partial charge is 0.331 e. The zero-order valence-electron chi connectivity index (χ0n) is 17.9. The minimum Gasteiger partial charge on any atom is -0.489 e. The number of oxime groups is 1. The van der Waals surface area contributed by atoms with Crippen molar-refractivity contribution in [3.63, 3.8) is 0 Å². The van der Waals surface area contributed by atoms with E-state index in [0.29, 0.717) is 25.0 Å². The summed E-state index contributed by atoms with van der Waals surface area (Å²) >= 11 is 0. The van der Waals surface area contributed by atoms with E-state index in [1.165, 1.54) is 0 Å². The summed E-state index contributed by atoms with van der Waals surface area (Å²) in [5, 5.41) is 14.7. The Hall–Kier alpha value is -3.67. The molecule has 0 bridgehead atoms. The van der Waals surface area contributed by atoms with Gasteiger partial charge in [-0.3, -0.25) is 4.98 Å². The van der Waals surface area contributed by atoms with Crippen LogP contribution >= 0.6 is 0 Å². The third kappa shape index (κ3) is 3.96. The molecular formula is C26H24N2O4. The van der Waals surface area contributed by atoms with Crippen molar-refractivity contribution < 1.29 is 19.5 Å². The predicted molar refractivity (Wildman–Crippen MR) is 122 cm³/mol. The highest BCUT2D eigenvalue weighted by Gasteiger charge is 2.32. The molecule has 0 saturated carbocycles. The number of rotatable bonds is 6. The fraction of sp³-hybridized carbons (Fsp3) is 0.269. The van der Waals surface area contributed by atoms with Crippen LogP contribution in [0.5, 0.6) is 5.75 Å². The van der Waals surface area contributed by atoms with E-state index >= 15 is 0 Å². The molecule has 1 N–H and O–H groups in total. The summed E-state index contributed by atoms with van der Waals surface area (Å²) in [7, 11) is 0. The summed E-state index contributed by atoms with van der Waals surface area (Å²) in [5.74, 6) is -0.0664. The van der Waals surface area contributed by atoms with Crippen molar-refractivity contribution in [2.45, 2.75) is 45.3 Å². The molecule has 0 saturated heterocycles. The fourth-order valence-electron chi connectivity index (χ4n) is 4.52. The summed E-state index contributed by atoms with van der Waals surface area (Å²) in [6.45, 7) is 2.45. The van der Waals surface area contributed by atoms with Crippen molar-refractivity contribution in [1.29, 1.82) is 0 Å². The predicted octanol–water partition coefficient (Wildman–Crippen LogP) is 5.18. The monoisotopic (exact) mass is 428 g/mol. The number of carboxylic acids is 1. The normalized spacial score (nSPS) is 18.0. The largest absolute Gasteiger partial charge is 0.489 e. The average Bonchev–Trinajstić information content (AvgIpc) is 3.47. The maximum atomic E-state index is 11.4. The Morgan fingerprint density at radius 3 is 2.78 bits per heavy atom. The second kappa shape index (κ2) is 8.46. The molecule has 0 radical (unpaired) electrons. The van der Waals surface area contributed by atoms with Crippen LogP contribution in [0.3, 0.4) is 0 Å². The number of nitrogens with zero attached hydrogens (tertiary/aromatic N) is 2. The van der Waals surface area contributed by atoms with Crippen molar-refractivity contribution in [3.05, 3.63) is 82.6 Å². The fourth-order valence-corrected chi connectivity index (χ4v) is 4.52. The van der Waals surface area contributed by atoms with Gasteiger partial charge in [0.1, 0.15) is 12.4 Å². The number of hydrogen-bond acceptors (Lipinski definition) is 5. The van der Waals surface area contributed by atoms with E-state index in [-0.39, 0.29) is 6.10 Å². The first-order chi connectivity index (χ1) is 15.6. The molecular weight excluding hydrogens is 404 g/mol. The van der Waals surface area contributed by atoms with E-state index in [1.54, 1.807) is 0 Å². The number of carbonyl (C=O) groups is 1. The molecule has 0 amide bonds. The Balaban J connectivity index is 1.26. The molecule has 2 heterocycles. The summed E-state index contributed by atoms with van der Waals surface area (Å²) < 4.78 is 6.04. The van der Waals surface area contributed by atoms with Crippen LogP contribution in [0.4, 0.5) is 0 Å². The molecule has 2 aromatic carbocycles. The minimum atomic E-state index is -0.840. The van der Waals surface area contributed by atoms with Crippen LogP contribution in [-0.4, -0.2) is 27.9 Å². The van der Waals surface area contributed by atoms with Gasteiger partial charge in [-0.15, -0.1) is 0 Å². The van der Waals surface area contributed by atoms with Crippen molar-refractivity contribution in [1.82, 2.24) is 4.98 Å². The molecule has 0 fully saturated rings. The summed E-state index contributed by atoms with van der Waals surface area (Å²) in [6.07, 6.45) is 2.57. The lowest BCUT2D eigenvalue weighted by Gasteiger charge is -2.11. The van der Waals surface area contributed by atoms with Gasteiger partial charge in [0.25, 0.3) is 0 Å². The summed E-state index contributed by atoms with van der Waals surface area (Å²) in [6, 6.07) is 17.9. The average molecular weight is 428 g/mol. The van der Waals surface area contributed by atoms with Crippen molar-refractivity contribution in [2.75, 3.05) is 0 Å². The van der Waals surface area contributed by atoms with E-state index < -0.39 is 5.97 Å². The lowest BCUT2D eigenvalue weighted by molar-refractivity contribution is -0.132. The van der Waals surface area contributed by atoms with Gasteiger partial charge in [-0.05, 0) is 73.7 Å². The first-order valence-corrected chi connectivity index (χ1v) is 10.8. The number of carboxylic acid groups (broad SMARTS) is 1. The Labute approximate surface area is 186 Å². The first-order valence-electron chi connectivity index (χ1n) is 10.8. The van der Waals surface area contributed by atoms with Crippen LogP contribution in [0.2, 0.25) is 0 Å². The molecule has 1 aliphatic heterocycles. The Morgan fingerprint density at radius 2 is 1.97 bits per heavy atom. The SMILES string of the molecule is Cc1cc(COc2ccc(C3=NOC(C4=C(C(=O)O)CCC4)C3)cc2)c2ccccc2n1. The molecule has 32 heavy (non-hydrogen) atoms. The summed E-state index contributed by atoms with van der Waals surface area (Å²) in [4.78, 5) is 21.6. The number of aromatic nitrogens is 1. The van der Waals surface area contributed by atoms with Crippen molar-refractivity contribution >= 4 is 22.6 Å². The van der Waals surface area contributed by atoms with Gasteiger partial charge in [0.05, 0.1) is 11.2 Å². The number of aryl methyl sites for hydroxylation is 1. The zero-order chi connectivity index (χ0) is 22.1. The number of para-hydroxylation sites is 1. The quantitative estimate of drug-likeness (QED) is 0.585. The van der Waals surface area contributed by atoms with E-state index in [2.05, 4.69) is 22.3 Å². The van der Waals surface area contributed by atoms with Gasteiger partial charge in [-0.1, -0.05) is 23.4 Å². The van der Waals surface area contributed by atoms with Gasteiger partial charge in [0.2, 0.25) is 0 Å². The highest BCUT2D eigenvalue weighted by Crippen LogP contribution is 2.34. The third-order valence-electron chi connectivity index (χ3n) is 6.09. The van der Waals surface area contributed by atoms with Crippen LogP contribution in [-0.2, 0) is 16.2 Å². The van der Waals surface area contributed by atoms with Crippen molar-refractivity contribution in [2.24, 2.45) is 5.16 Å². The molecule has 0 spiro atoms. The van der Waals surface area contributed by atoms with E-state index in [1.807, 2.05) is 49.4 Å². The van der Waals surface area contributed by atoms with Gasteiger partial charge >= 0.3 is 5.97 Å². The van der Waals surface area contributed by atoms with E-state index in [0.717, 1.165) is 57.6 Å². The molecule has 162 valence electrons. The molecule has 1 unspecified atom stereocenters. The number of aliphatic carboxylic acids is 1. The van der Waals surface area contributed by atoms with Crippen LogP contribution in [0.1, 0.15) is 42.5 Å². The summed E-state index contributed by atoms with van der Waals surface area (Å²) in [5.41, 5.74) is 6.22. The van der Waals surface area contributed by atoms with E-state index in [9.17, 15) is 9.90 Å². The number of hydrogen-bond donors (Lipinski definition) is 1. The molecule has 1 atom stereocenters. The molecule has 3 aromatic rings. The zero-order valence-corrected chi connectivity index (χ0v) is 17.9. The molecule has 2 aliphatic rings. The molecule has 1 aromatic heterocycles. The van der Waals surface area contributed by atoms with Gasteiger partial charge in [0.15, 0.2) is 6.10 Å². The minimum absolute atomic E-state index is 0.266. The second-order valence-corrected chi connectivity index (χ2v) is 8.25. The highest BCUT2D eigenvalue weighted by molar-refractivity contribution is 6.01. The van der Waals surface area contributed by atoms with Gasteiger partial charge < -0.3 is 14.7 Å². The maximum Gasteiger partial charge on any atom is 0.331 e. The van der Waals surface area contributed by atoms with Crippen LogP contribution in [0.25, 0.3) is 10.9 Å². The Kier molecular flexibility index (Phi) is 5.35. The van der Waals surface area contributed by atoms with Crippen LogP contribution in [0.15, 0.2) is 70.9 Å². The lowest BCUT2D eigenvalue weighted by Crippen LogP contribution is -2.14. The van der Waals surface area contributed by atoms with Crippen LogP contribution < -0.4 is 4.74 Å². The van der Waals surface area contributed by atoms with E-state index in [4.69, 9.17) is 9.57 Å². The first kappa shape index (κ1) is 20.2. The third-order valence-corrected chi connectivity index (χ3v) is 6.09.